The van der Waals surface area contributed by atoms with Crippen molar-refractivity contribution in [3.05, 3.63) is 42.5 Å². The maximum atomic E-state index is 13.0. The third-order valence-corrected chi connectivity index (χ3v) is 7.41. The molecule has 0 aliphatic carbocycles. The normalized spacial score (nSPS) is 15.5. The van der Waals surface area contributed by atoms with Crippen LogP contribution in [0, 0.1) is 0 Å². The summed E-state index contributed by atoms with van der Waals surface area (Å²) < 4.78 is 31.9. The number of carbonyl (C=O) groups excluding carboxylic acids is 2. The molecule has 0 atom stereocenters. The number of piperazine rings is 1. The Labute approximate surface area is 168 Å². The highest BCUT2D eigenvalue weighted by Gasteiger charge is 2.30. The minimum absolute atomic E-state index is 0.100. The Hall–Kier alpha value is -2.10. The number of fused-ring (bicyclic) bond motifs is 1. The molecule has 0 saturated carbocycles. The smallest absolute Gasteiger partial charge is 0.315 e. The zero-order valence-electron chi connectivity index (χ0n) is 15.5. The quantitative estimate of drug-likeness (QED) is 0.657. The molecule has 0 N–H and O–H groups in total. The molecule has 9 heteroatoms. The lowest BCUT2D eigenvalue weighted by Crippen LogP contribution is -2.51. The number of amides is 1. The molecule has 0 radical (unpaired) electrons. The van der Waals surface area contributed by atoms with E-state index >= 15 is 0 Å². The molecule has 0 unspecified atom stereocenters. The minimum Gasteiger partial charge on any atom is -0.468 e. The molecule has 150 valence electrons. The van der Waals surface area contributed by atoms with E-state index in [1.54, 1.807) is 23.1 Å². The van der Waals surface area contributed by atoms with E-state index in [1.807, 2.05) is 24.3 Å². The van der Waals surface area contributed by atoms with Crippen molar-refractivity contribution in [3.63, 3.8) is 0 Å². The highest BCUT2D eigenvalue weighted by molar-refractivity contribution is 8.00. The van der Waals surface area contributed by atoms with Gasteiger partial charge in [0, 0.05) is 26.2 Å². The Balaban J connectivity index is 1.60. The molecular formula is C19H22N2O5S2. The zero-order chi connectivity index (χ0) is 20.1. The van der Waals surface area contributed by atoms with Gasteiger partial charge < -0.3 is 9.64 Å². The highest BCUT2D eigenvalue weighted by Crippen LogP contribution is 2.23. The van der Waals surface area contributed by atoms with E-state index in [0.717, 1.165) is 10.8 Å². The summed E-state index contributed by atoms with van der Waals surface area (Å²) in [5.41, 5.74) is 0. The van der Waals surface area contributed by atoms with E-state index in [9.17, 15) is 18.0 Å². The third-order valence-electron chi connectivity index (χ3n) is 4.62. The molecule has 0 spiro atoms. The SMILES string of the molecule is COC(=O)CSCC(=O)N1CCN(S(=O)(=O)c2ccc3ccccc3c2)CC1. The predicted octanol–water partition coefficient (Wildman–Crippen LogP) is 1.58. The topological polar surface area (TPSA) is 84.0 Å². The fourth-order valence-corrected chi connectivity index (χ4v) is 5.23. The average molecular weight is 423 g/mol. The van der Waals surface area contributed by atoms with Crippen molar-refractivity contribution in [1.82, 2.24) is 9.21 Å². The van der Waals surface area contributed by atoms with Crippen molar-refractivity contribution in [2.45, 2.75) is 4.90 Å². The van der Waals surface area contributed by atoms with Crippen LogP contribution in [0.2, 0.25) is 0 Å². The van der Waals surface area contributed by atoms with Crippen LogP contribution in [0.3, 0.4) is 0 Å². The summed E-state index contributed by atoms with van der Waals surface area (Å²) in [6.45, 7) is 1.18. The van der Waals surface area contributed by atoms with Crippen molar-refractivity contribution in [2.75, 3.05) is 44.8 Å². The van der Waals surface area contributed by atoms with Crippen LogP contribution in [0.1, 0.15) is 0 Å². The van der Waals surface area contributed by atoms with Gasteiger partial charge in [-0.1, -0.05) is 30.3 Å². The second-order valence-electron chi connectivity index (χ2n) is 6.36. The van der Waals surface area contributed by atoms with Gasteiger partial charge in [0.05, 0.1) is 23.5 Å². The Morgan fingerprint density at radius 1 is 1.00 bits per heavy atom. The van der Waals surface area contributed by atoms with Crippen molar-refractivity contribution < 1.29 is 22.7 Å². The van der Waals surface area contributed by atoms with Gasteiger partial charge in [-0.25, -0.2) is 8.42 Å². The van der Waals surface area contributed by atoms with Crippen LogP contribution < -0.4 is 0 Å². The summed E-state index contributed by atoms with van der Waals surface area (Å²) >= 11 is 1.19. The van der Waals surface area contributed by atoms with Gasteiger partial charge in [0.15, 0.2) is 0 Å². The number of nitrogens with zero attached hydrogens (tertiary/aromatic N) is 2. The lowest BCUT2D eigenvalue weighted by atomic mass is 10.1. The molecule has 0 aromatic heterocycles. The number of ether oxygens (including phenoxy) is 1. The maximum Gasteiger partial charge on any atom is 0.315 e. The van der Waals surface area contributed by atoms with Crippen molar-refractivity contribution >= 4 is 44.4 Å². The van der Waals surface area contributed by atoms with Crippen LogP contribution in [0.25, 0.3) is 10.8 Å². The minimum atomic E-state index is -3.61. The van der Waals surface area contributed by atoms with Gasteiger partial charge in [0.1, 0.15) is 0 Å². The second kappa shape index (κ2) is 8.93. The molecule has 2 aromatic carbocycles. The molecule has 1 saturated heterocycles. The first-order valence-corrected chi connectivity index (χ1v) is 11.4. The Morgan fingerprint density at radius 3 is 2.36 bits per heavy atom. The van der Waals surface area contributed by atoms with Gasteiger partial charge in [-0.2, -0.15) is 4.31 Å². The monoisotopic (exact) mass is 422 g/mol. The van der Waals surface area contributed by atoms with Gasteiger partial charge in [-0.05, 0) is 22.9 Å². The Kier molecular flexibility index (Phi) is 6.58. The molecule has 1 aliphatic rings. The molecule has 1 aliphatic heterocycles. The van der Waals surface area contributed by atoms with Gasteiger partial charge in [0.25, 0.3) is 0 Å². The summed E-state index contributed by atoms with van der Waals surface area (Å²) in [4.78, 5) is 25.2. The van der Waals surface area contributed by atoms with Crippen LogP contribution in [-0.2, 0) is 24.3 Å². The van der Waals surface area contributed by atoms with E-state index in [1.165, 1.54) is 23.2 Å². The molecule has 2 aromatic rings. The summed E-state index contributed by atoms with van der Waals surface area (Å²) in [5.74, 6) is -0.175. The number of hydrogen-bond acceptors (Lipinski definition) is 6. The number of hydrogen-bond donors (Lipinski definition) is 0. The first-order chi connectivity index (χ1) is 13.4. The summed E-state index contributed by atoms with van der Waals surface area (Å²) in [7, 11) is -2.30. The highest BCUT2D eigenvalue weighted by atomic mass is 32.2. The van der Waals surface area contributed by atoms with Crippen LogP contribution in [0.15, 0.2) is 47.4 Å². The van der Waals surface area contributed by atoms with E-state index < -0.39 is 10.0 Å². The number of carbonyl (C=O) groups is 2. The number of rotatable bonds is 6. The average Bonchev–Trinajstić information content (AvgIpc) is 2.73. The third kappa shape index (κ3) is 4.65. The van der Waals surface area contributed by atoms with Gasteiger partial charge in [-0.3, -0.25) is 9.59 Å². The second-order valence-corrected chi connectivity index (χ2v) is 9.29. The largest absolute Gasteiger partial charge is 0.468 e. The van der Waals surface area contributed by atoms with E-state index in [0.29, 0.717) is 13.1 Å². The zero-order valence-corrected chi connectivity index (χ0v) is 17.2. The molecule has 7 nitrogen and oxygen atoms in total. The van der Waals surface area contributed by atoms with Crippen LogP contribution in [-0.4, -0.2) is 74.3 Å². The van der Waals surface area contributed by atoms with Crippen LogP contribution in [0.4, 0.5) is 0 Å². The first-order valence-electron chi connectivity index (χ1n) is 8.83. The molecule has 1 fully saturated rings. The lowest BCUT2D eigenvalue weighted by Gasteiger charge is -2.34. The standard InChI is InChI=1S/C19H22N2O5S2/c1-26-19(23)14-27-13-18(22)20-8-10-21(11-9-20)28(24,25)17-7-6-15-4-2-3-5-16(15)12-17/h2-7,12H,8-11,13-14H2,1H3. The molecule has 28 heavy (non-hydrogen) atoms. The van der Waals surface area contributed by atoms with Crippen LogP contribution >= 0.6 is 11.8 Å². The Morgan fingerprint density at radius 2 is 1.68 bits per heavy atom. The van der Waals surface area contributed by atoms with Crippen LogP contribution in [0.5, 0.6) is 0 Å². The number of thioether (sulfide) groups is 1. The van der Waals surface area contributed by atoms with Gasteiger partial charge in [0.2, 0.25) is 15.9 Å². The number of benzene rings is 2. The summed E-state index contributed by atoms with van der Waals surface area (Å²) in [6.07, 6.45) is 0. The van der Waals surface area contributed by atoms with E-state index in [2.05, 4.69) is 4.74 Å². The lowest BCUT2D eigenvalue weighted by molar-refractivity contribution is -0.137. The van der Waals surface area contributed by atoms with Gasteiger partial charge in [-0.15, -0.1) is 11.8 Å². The molecule has 1 heterocycles. The fraction of sp³-hybridized carbons (Fsp3) is 0.368. The fourth-order valence-electron chi connectivity index (χ4n) is 3.03. The van der Waals surface area contributed by atoms with Gasteiger partial charge >= 0.3 is 5.97 Å². The number of sulfonamides is 1. The molecule has 3 rings (SSSR count). The maximum absolute atomic E-state index is 13.0. The predicted molar refractivity (Wildman–Crippen MR) is 109 cm³/mol. The molecule has 1 amide bonds. The summed E-state index contributed by atoms with van der Waals surface area (Å²) in [6, 6.07) is 12.7. The number of esters is 1. The van der Waals surface area contributed by atoms with Crippen molar-refractivity contribution in [1.29, 1.82) is 0 Å². The Bertz CT molecular complexity index is 969. The van der Waals surface area contributed by atoms with Crippen molar-refractivity contribution in [2.24, 2.45) is 0 Å². The van der Waals surface area contributed by atoms with E-state index in [4.69, 9.17) is 0 Å². The molecular weight excluding hydrogens is 400 g/mol. The van der Waals surface area contributed by atoms with E-state index in [-0.39, 0.29) is 41.4 Å². The molecule has 0 bridgehead atoms. The number of methoxy groups -OCH3 is 1. The van der Waals surface area contributed by atoms with Crippen molar-refractivity contribution in [3.8, 4) is 0 Å². The summed E-state index contributed by atoms with van der Waals surface area (Å²) in [5, 5.41) is 1.86. The first kappa shape index (κ1) is 20.6.